The van der Waals surface area contributed by atoms with Crippen LogP contribution in [0.15, 0.2) is 0 Å². The topological polar surface area (TPSA) is 78.9 Å². The lowest BCUT2D eigenvalue weighted by Gasteiger charge is -2.61. The number of carbonyl (C=O) groups is 3. The van der Waals surface area contributed by atoms with Crippen molar-refractivity contribution in [2.24, 2.45) is 46.8 Å². The Morgan fingerprint density at radius 2 is 1.66 bits per heavy atom. The van der Waals surface area contributed by atoms with E-state index in [-0.39, 0.29) is 35.2 Å². The first-order valence-electron chi connectivity index (χ1n) is 12.8. The van der Waals surface area contributed by atoms with Crippen LogP contribution in [0.4, 0.5) is 0 Å². The first-order valence-corrected chi connectivity index (χ1v) is 12.8. The van der Waals surface area contributed by atoms with Crippen LogP contribution >= 0.6 is 0 Å². The van der Waals surface area contributed by atoms with Crippen LogP contribution < -0.4 is 0 Å². The van der Waals surface area contributed by atoms with E-state index in [0.29, 0.717) is 19.3 Å². The number of rotatable bonds is 6. The van der Waals surface area contributed by atoms with Crippen molar-refractivity contribution in [2.75, 3.05) is 0 Å². The Morgan fingerprint density at radius 1 is 1.03 bits per heavy atom. The van der Waals surface area contributed by atoms with Gasteiger partial charge in [-0.2, -0.15) is 0 Å². The van der Waals surface area contributed by atoms with Crippen molar-refractivity contribution in [1.82, 2.24) is 0 Å². The number of hydrogen-bond donors (Lipinski definition) is 0. The van der Waals surface area contributed by atoms with Gasteiger partial charge in [-0.15, -0.1) is 0 Å². The SMILES string of the molecule is CCCC(=O)OC1C2CC3C1OC(=O)C3C2C(=O)OC(C)(C)C12CC3CC(CC(C3)C1)C2. The number of ether oxygens (including phenoxy) is 3. The van der Waals surface area contributed by atoms with Crippen LogP contribution in [0.2, 0.25) is 0 Å². The monoisotopic (exact) mass is 444 g/mol. The Morgan fingerprint density at radius 3 is 2.25 bits per heavy atom. The van der Waals surface area contributed by atoms with Crippen LogP contribution in [0.25, 0.3) is 0 Å². The van der Waals surface area contributed by atoms with Crippen molar-refractivity contribution in [3.63, 3.8) is 0 Å². The van der Waals surface area contributed by atoms with Gasteiger partial charge in [0.15, 0.2) is 0 Å². The second-order valence-corrected chi connectivity index (χ2v) is 12.4. The molecule has 6 nitrogen and oxygen atoms in total. The number of fused-ring (bicyclic) bond motifs is 1. The maximum atomic E-state index is 13.7. The Hall–Kier alpha value is -1.59. The molecule has 0 aromatic heterocycles. The summed E-state index contributed by atoms with van der Waals surface area (Å²) in [5, 5.41) is 0. The van der Waals surface area contributed by atoms with Crippen molar-refractivity contribution in [2.45, 2.75) is 96.4 Å². The average molecular weight is 445 g/mol. The zero-order valence-corrected chi connectivity index (χ0v) is 19.5. The number of esters is 3. The van der Waals surface area contributed by atoms with Gasteiger partial charge < -0.3 is 14.2 Å². The predicted molar refractivity (Wildman–Crippen MR) is 114 cm³/mol. The second kappa shape index (κ2) is 6.96. The molecule has 176 valence electrons. The zero-order valence-electron chi connectivity index (χ0n) is 19.5. The third-order valence-corrected chi connectivity index (χ3v) is 10.2. The van der Waals surface area contributed by atoms with Gasteiger partial charge in [-0.25, -0.2) is 0 Å². The molecule has 6 unspecified atom stereocenters. The summed E-state index contributed by atoms with van der Waals surface area (Å²) in [5.41, 5.74) is -0.501. The molecule has 1 heterocycles. The first kappa shape index (κ1) is 21.0. The minimum atomic E-state index is -0.557. The smallest absolute Gasteiger partial charge is 0.310 e. The highest BCUT2D eigenvalue weighted by atomic mass is 16.6. The lowest BCUT2D eigenvalue weighted by Crippen LogP contribution is -2.58. The van der Waals surface area contributed by atoms with E-state index in [4.69, 9.17) is 14.2 Å². The fourth-order valence-electron chi connectivity index (χ4n) is 9.16. The third kappa shape index (κ3) is 2.86. The third-order valence-electron chi connectivity index (χ3n) is 10.2. The van der Waals surface area contributed by atoms with Crippen LogP contribution in [-0.4, -0.2) is 35.7 Å². The van der Waals surface area contributed by atoms with Gasteiger partial charge in [0.05, 0.1) is 11.8 Å². The lowest BCUT2D eigenvalue weighted by atomic mass is 9.46. The molecule has 0 spiro atoms. The van der Waals surface area contributed by atoms with E-state index >= 15 is 0 Å². The van der Waals surface area contributed by atoms with E-state index in [1.165, 1.54) is 19.3 Å². The zero-order chi connectivity index (χ0) is 22.4. The molecule has 0 N–H and O–H groups in total. The normalized spacial score (nSPS) is 47.6. The fraction of sp³-hybridized carbons (Fsp3) is 0.885. The van der Waals surface area contributed by atoms with Gasteiger partial charge >= 0.3 is 17.9 Å². The first-order chi connectivity index (χ1) is 15.2. The summed E-state index contributed by atoms with van der Waals surface area (Å²) in [4.78, 5) is 38.6. The Labute approximate surface area is 190 Å². The van der Waals surface area contributed by atoms with Crippen molar-refractivity contribution in [3.8, 4) is 0 Å². The molecule has 7 rings (SSSR count). The molecule has 1 aliphatic heterocycles. The van der Waals surface area contributed by atoms with E-state index < -0.39 is 29.6 Å². The molecular weight excluding hydrogens is 408 g/mol. The largest absolute Gasteiger partial charge is 0.459 e. The summed E-state index contributed by atoms with van der Waals surface area (Å²) in [6.07, 6.45) is 8.33. The summed E-state index contributed by atoms with van der Waals surface area (Å²) in [7, 11) is 0. The minimum absolute atomic E-state index is 0.0351. The average Bonchev–Trinajstić information content (AvgIpc) is 3.30. The Kier molecular flexibility index (Phi) is 4.56. The molecule has 6 aliphatic carbocycles. The van der Waals surface area contributed by atoms with Crippen molar-refractivity contribution in [1.29, 1.82) is 0 Å². The molecule has 6 bridgehead atoms. The second-order valence-electron chi connectivity index (χ2n) is 12.4. The van der Waals surface area contributed by atoms with E-state index in [9.17, 15) is 14.4 Å². The molecule has 0 aromatic carbocycles. The number of carbonyl (C=O) groups excluding carboxylic acids is 3. The van der Waals surface area contributed by atoms with E-state index in [0.717, 1.165) is 37.0 Å². The highest BCUT2D eigenvalue weighted by Crippen LogP contribution is 2.65. The highest BCUT2D eigenvalue weighted by Gasteiger charge is 2.71. The van der Waals surface area contributed by atoms with Crippen LogP contribution in [0.1, 0.15) is 78.6 Å². The van der Waals surface area contributed by atoms with Crippen LogP contribution in [-0.2, 0) is 28.6 Å². The maximum Gasteiger partial charge on any atom is 0.310 e. The maximum absolute atomic E-state index is 13.7. The Balaban J connectivity index is 1.22. The van der Waals surface area contributed by atoms with Crippen LogP contribution in [0.3, 0.4) is 0 Å². The summed E-state index contributed by atoms with van der Waals surface area (Å²) >= 11 is 0. The molecule has 1 saturated heterocycles. The predicted octanol–water partition coefficient (Wildman–Crippen LogP) is 4.04. The standard InChI is InChI=1S/C26H36O6/c1-4-5-18(27)30-21-17-9-16-19(23(28)31-22(16)21)20(17)24(29)32-25(2,3)26-10-13-6-14(11-26)8-15(7-13)12-26/h13-17,19-22H,4-12H2,1-3H3. The summed E-state index contributed by atoms with van der Waals surface area (Å²) in [5.74, 6) is 0.242. The van der Waals surface area contributed by atoms with Gasteiger partial charge in [0.1, 0.15) is 17.8 Å². The molecule has 7 aliphatic rings. The molecule has 6 saturated carbocycles. The summed E-state index contributed by atoms with van der Waals surface area (Å²) in [6.45, 7) is 6.12. The quantitative estimate of drug-likeness (QED) is 0.454. The van der Waals surface area contributed by atoms with Gasteiger partial charge in [0, 0.05) is 23.7 Å². The summed E-state index contributed by atoms with van der Waals surface area (Å²) in [6, 6.07) is 0. The van der Waals surface area contributed by atoms with Crippen LogP contribution in [0, 0.1) is 46.8 Å². The molecule has 32 heavy (non-hydrogen) atoms. The fourth-order valence-corrected chi connectivity index (χ4v) is 9.16. The van der Waals surface area contributed by atoms with E-state index in [2.05, 4.69) is 13.8 Å². The van der Waals surface area contributed by atoms with Gasteiger partial charge in [-0.3, -0.25) is 14.4 Å². The van der Waals surface area contributed by atoms with Crippen molar-refractivity contribution < 1.29 is 28.6 Å². The lowest BCUT2D eigenvalue weighted by molar-refractivity contribution is -0.206. The number of hydrogen-bond acceptors (Lipinski definition) is 6. The molecule has 0 radical (unpaired) electrons. The highest BCUT2D eigenvalue weighted by molar-refractivity contribution is 5.86. The van der Waals surface area contributed by atoms with Crippen molar-refractivity contribution >= 4 is 17.9 Å². The van der Waals surface area contributed by atoms with E-state index in [1.807, 2.05) is 6.92 Å². The van der Waals surface area contributed by atoms with Gasteiger partial charge in [0.25, 0.3) is 0 Å². The van der Waals surface area contributed by atoms with E-state index in [1.54, 1.807) is 0 Å². The summed E-state index contributed by atoms with van der Waals surface area (Å²) < 4.78 is 17.7. The van der Waals surface area contributed by atoms with Crippen LogP contribution in [0.5, 0.6) is 0 Å². The minimum Gasteiger partial charge on any atom is -0.459 e. The molecule has 0 amide bonds. The molecule has 7 fully saturated rings. The molecule has 0 aromatic rings. The van der Waals surface area contributed by atoms with Gasteiger partial charge in [-0.05, 0) is 83.0 Å². The molecule has 6 atom stereocenters. The van der Waals surface area contributed by atoms with Crippen molar-refractivity contribution in [3.05, 3.63) is 0 Å². The molecule has 6 heteroatoms. The molecular formula is C26H36O6. The van der Waals surface area contributed by atoms with Gasteiger partial charge in [-0.1, -0.05) is 6.92 Å². The van der Waals surface area contributed by atoms with Gasteiger partial charge in [0.2, 0.25) is 0 Å². The Bertz CT molecular complexity index is 810.